The summed E-state index contributed by atoms with van der Waals surface area (Å²) in [6.07, 6.45) is 7.04. The minimum absolute atomic E-state index is 1.02. The summed E-state index contributed by atoms with van der Waals surface area (Å²) in [6.45, 7) is 1.04. The number of hydrogen-bond acceptors (Lipinski definition) is 2. The molecule has 0 atom stereocenters. The highest BCUT2D eigenvalue weighted by Crippen LogP contribution is 2.24. The minimum atomic E-state index is 1.02. The Labute approximate surface area is 129 Å². The first-order chi connectivity index (χ1) is 9.66. The predicted octanol–water partition coefficient (Wildman–Crippen LogP) is 4.23. The molecular weight excluding hydrogens is 312 g/mol. The van der Waals surface area contributed by atoms with Gasteiger partial charge in [0.15, 0.2) is 0 Å². The zero-order valence-corrected chi connectivity index (χ0v) is 13.5. The van der Waals surface area contributed by atoms with Crippen LogP contribution in [0.3, 0.4) is 0 Å². The van der Waals surface area contributed by atoms with Gasteiger partial charge in [-0.05, 0) is 49.9 Å². The summed E-state index contributed by atoms with van der Waals surface area (Å²) >= 11 is 3.48. The van der Waals surface area contributed by atoms with E-state index in [1.807, 2.05) is 18.5 Å². The summed E-state index contributed by atoms with van der Waals surface area (Å²) in [4.78, 5) is 6.42. The van der Waals surface area contributed by atoms with Crippen molar-refractivity contribution in [2.45, 2.75) is 6.42 Å². The lowest BCUT2D eigenvalue weighted by Gasteiger charge is -2.11. The maximum atomic E-state index is 4.23. The van der Waals surface area contributed by atoms with Crippen LogP contribution in [0, 0.1) is 0 Å². The molecule has 1 aromatic carbocycles. The number of pyridine rings is 1. The van der Waals surface area contributed by atoms with Crippen molar-refractivity contribution < 1.29 is 0 Å². The molecule has 0 aliphatic carbocycles. The van der Waals surface area contributed by atoms with Crippen molar-refractivity contribution in [3.05, 3.63) is 70.5 Å². The van der Waals surface area contributed by atoms with Gasteiger partial charge in [0, 0.05) is 29.0 Å². The molecule has 0 N–H and O–H groups in total. The number of aromatic nitrogens is 1. The van der Waals surface area contributed by atoms with Crippen molar-refractivity contribution in [1.29, 1.82) is 0 Å². The van der Waals surface area contributed by atoms with E-state index in [1.165, 1.54) is 11.1 Å². The molecule has 0 fully saturated rings. The number of halogens is 1. The van der Waals surface area contributed by atoms with Crippen LogP contribution in [0.1, 0.15) is 17.5 Å². The Morgan fingerprint density at radius 3 is 2.50 bits per heavy atom. The second kappa shape index (κ2) is 7.36. The highest BCUT2D eigenvalue weighted by atomic mass is 79.9. The molecule has 2 rings (SSSR count). The van der Waals surface area contributed by atoms with Gasteiger partial charge in [0.05, 0.1) is 0 Å². The van der Waals surface area contributed by atoms with Gasteiger partial charge in [-0.3, -0.25) is 4.98 Å². The highest BCUT2D eigenvalue weighted by molar-refractivity contribution is 9.10. The average Bonchev–Trinajstić information content (AvgIpc) is 2.46. The molecule has 3 heteroatoms. The Morgan fingerprint density at radius 1 is 1.15 bits per heavy atom. The molecule has 0 unspecified atom stereocenters. The molecule has 20 heavy (non-hydrogen) atoms. The van der Waals surface area contributed by atoms with Crippen LogP contribution in [0.2, 0.25) is 0 Å². The second-order valence-electron chi connectivity index (χ2n) is 4.96. The van der Waals surface area contributed by atoms with Crippen molar-refractivity contribution in [2.75, 3.05) is 20.6 Å². The molecule has 0 saturated carbocycles. The van der Waals surface area contributed by atoms with Gasteiger partial charge in [-0.2, -0.15) is 0 Å². The monoisotopic (exact) mass is 330 g/mol. The first-order valence-corrected chi connectivity index (χ1v) is 7.47. The Balaban J connectivity index is 2.31. The van der Waals surface area contributed by atoms with Crippen molar-refractivity contribution in [2.24, 2.45) is 0 Å². The van der Waals surface area contributed by atoms with Crippen LogP contribution >= 0.6 is 15.9 Å². The molecule has 0 saturated heterocycles. The van der Waals surface area contributed by atoms with Crippen LogP contribution in [-0.4, -0.2) is 30.5 Å². The van der Waals surface area contributed by atoms with Crippen molar-refractivity contribution in [3.8, 4) is 0 Å². The molecule has 1 aromatic heterocycles. The van der Waals surface area contributed by atoms with Crippen LogP contribution in [-0.2, 0) is 0 Å². The highest BCUT2D eigenvalue weighted by Gasteiger charge is 2.05. The lowest BCUT2D eigenvalue weighted by Crippen LogP contribution is -2.12. The molecule has 0 aliphatic heterocycles. The standard InChI is InChI=1S/C17H19BrN2/c1-20(2)12-4-6-17(15-5-3-11-19-13-15)14-7-9-16(18)10-8-14/h3,5-11,13H,4,12H2,1-2H3/b17-6-. The van der Waals surface area contributed by atoms with E-state index in [1.54, 1.807) is 0 Å². The maximum absolute atomic E-state index is 4.23. The normalized spacial score (nSPS) is 11.9. The third-order valence-electron chi connectivity index (χ3n) is 3.05. The van der Waals surface area contributed by atoms with Crippen LogP contribution in [0.25, 0.3) is 5.57 Å². The quantitative estimate of drug-likeness (QED) is 0.815. The van der Waals surface area contributed by atoms with Gasteiger partial charge in [0.1, 0.15) is 0 Å². The third-order valence-corrected chi connectivity index (χ3v) is 3.58. The maximum Gasteiger partial charge on any atom is 0.0346 e. The second-order valence-corrected chi connectivity index (χ2v) is 5.87. The van der Waals surface area contributed by atoms with E-state index in [2.05, 4.69) is 76.3 Å². The molecule has 0 radical (unpaired) electrons. The SMILES string of the molecule is CN(C)CC/C=C(/c1ccc(Br)cc1)c1cccnc1. The fourth-order valence-corrected chi connectivity index (χ4v) is 2.29. The van der Waals surface area contributed by atoms with Gasteiger partial charge in [-0.1, -0.05) is 40.2 Å². The van der Waals surface area contributed by atoms with Crippen LogP contribution in [0.5, 0.6) is 0 Å². The van der Waals surface area contributed by atoms with E-state index in [0.717, 1.165) is 23.0 Å². The number of hydrogen-bond donors (Lipinski definition) is 0. The third kappa shape index (κ3) is 4.29. The van der Waals surface area contributed by atoms with Crippen molar-refractivity contribution in [1.82, 2.24) is 9.88 Å². The summed E-state index contributed by atoms with van der Waals surface area (Å²) in [6, 6.07) is 12.5. The zero-order chi connectivity index (χ0) is 14.4. The largest absolute Gasteiger partial charge is 0.309 e. The van der Waals surface area contributed by atoms with E-state index < -0.39 is 0 Å². The smallest absolute Gasteiger partial charge is 0.0346 e. The van der Waals surface area contributed by atoms with Gasteiger partial charge >= 0.3 is 0 Å². The van der Waals surface area contributed by atoms with E-state index in [-0.39, 0.29) is 0 Å². The molecule has 1 heterocycles. The van der Waals surface area contributed by atoms with E-state index in [9.17, 15) is 0 Å². The predicted molar refractivity (Wildman–Crippen MR) is 88.6 cm³/mol. The lowest BCUT2D eigenvalue weighted by atomic mass is 9.98. The molecule has 2 aromatic rings. The van der Waals surface area contributed by atoms with Gasteiger partial charge in [-0.15, -0.1) is 0 Å². The van der Waals surface area contributed by atoms with E-state index in [4.69, 9.17) is 0 Å². The summed E-state index contributed by atoms with van der Waals surface area (Å²) < 4.78 is 1.10. The summed E-state index contributed by atoms with van der Waals surface area (Å²) in [5, 5.41) is 0. The molecule has 0 spiro atoms. The number of rotatable bonds is 5. The first kappa shape index (κ1) is 14.9. The molecule has 0 aliphatic rings. The van der Waals surface area contributed by atoms with Crippen LogP contribution in [0.4, 0.5) is 0 Å². The van der Waals surface area contributed by atoms with Gasteiger partial charge in [-0.25, -0.2) is 0 Å². The number of benzene rings is 1. The van der Waals surface area contributed by atoms with Crippen molar-refractivity contribution in [3.63, 3.8) is 0 Å². The minimum Gasteiger partial charge on any atom is -0.309 e. The Hall–Kier alpha value is -1.45. The van der Waals surface area contributed by atoms with Gasteiger partial charge < -0.3 is 4.90 Å². The van der Waals surface area contributed by atoms with E-state index >= 15 is 0 Å². The summed E-state index contributed by atoms with van der Waals surface area (Å²) in [7, 11) is 4.19. The molecule has 104 valence electrons. The van der Waals surface area contributed by atoms with Crippen molar-refractivity contribution >= 4 is 21.5 Å². The topological polar surface area (TPSA) is 16.1 Å². The summed E-state index contributed by atoms with van der Waals surface area (Å²) in [5.74, 6) is 0. The first-order valence-electron chi connectivity index (χ1n) is 6.68. The average molecular weight is 331 g/mol. The molecule has 2 nitrogen and oxygen atoms in total. The summed E-state index contributed by atoms with van der Waals surface area (Å²) in [5.41, 5.74) is 3.63. The number of nitrogens with zero attached hydrogens (tertiary/aromatic N) is 2. The van der Waals surface area contributed by atoms with Gasteiger partial charge in [0.2, 0.25) is 0 Å². The lowest BCUT2D eigenvalue weighted by molar-refractivity contribution is 0.417. The van der Waals surface area contributed by atoms with E-state index in [0.29, 0.717) is 0 Å². The van der Waals surface area contributed by atoms with Gasteiger partial charge in [0.25, 0.3) is 0 Å². The van der Waals surface area contributed by atoms with Crippen LogP contribution < -0.4 is 0 Å². The fraction of sp³-hybridized carbons (Fsp3) is 0.235. The Bertz CT molecular complexity index is 559. The Morgan fingerprint density at radius 2 is 1.90 bits per heavy atom. The fourth-order valence-electron chi connectivity index (χ4n) is 2.02. The molecule has 0 amide bonds. The zero-order valence-electron chi connectivity index (χ0n) is 11.9. The molecule has 0 bridgehead atoms. The van der Waals surface area contributed by atoms with Crippen LogP contribution in [0.15, 0.2) is 59.3 Å². The molecular formula is C17H19BrN2. The Kier molecular flexibility index (Phi) is 5.50.